The number of carboxylic acid groups (broad SMARTS) is 1. The van der Waals surface area contributed by atoms with Crippen molar-refractivity contribution in [2.75, 3.05) is 6.61 Å². The number of rotatable bonds is 7. The minimum absolute atomic E-state index is 0.342. The van der Waals surface area contributed by atoms with Gasteiger partial charge in [-0.25, -0.2) is 9.78 Å². The number of pyridine rings is 1. The van der Waals surface area contributed by atoms with Crippen molar-refractivity contribution in [3.05, 3.63) is 57.7 Å². The first-order valence-electron chi connectivity index (χ1n) is 9.36. The molecule has 5 heteroatoms. The van der Waals surface area contributed by atoms with Crippen LogP contribution in [0.1, 0.15) is 66.1 Å². The van der Waals surface area contributed by atoms with E-state index in [1.807, 2.05) is 25.1 Å². The van der Waals surface area contributed by atoms with Crippen LogP contribution in [0.3, 0.4) is 0 Å². The molecule has 0 amide bonds. The fraction of sp³-hybridized carbons (Fsp3) is 0.364. The number of ether oxygens (including phenoxy) is 1. The first-order valence-corrected chi connectivity index (χ1v) is 9.74. The van der Waals surface area contributed by atoms with Crippen LogP contribution in [0.2, 0.25) is 5.02 Å². The summed E-state index contributed by atoms with van der Waals surface area (Å²) in [5, 5.41) is 10.0. The molecule has 2 aromatic rings. The number of carboxylic acids is 1. The Morgan fingerprint density at radius 2 is 2.04 bits per heavy atom. The molecule has 0 aliphatic heterocycles. The average molecular weight is 386 g/mol. The molecule has 3 rings (SSSR count). The maximum atomic E-state index is 11.5. The van der Waals surface area contributed by atoms with Crippen molar-refractivity contribution in [3.63, 3.8) is 0 Å². The molecule has 0 bridgehead atoms. The van der Waals surface area contributed by atoms with E-state index < -0.39 is 5.97 Å². The van der Waals surface area contributed by atoms with Gasteiger partial charge in [0.15, 0.2) is 0 Å². The van der Waals surface area contributed by atoms with E-state index in [-0.39, 0.29) is 0 Å². The van der Waals surface area contributed by atoms with Crippen molar-refractivity contribution >= 4 is 28.7 Å². The van der Waals surface area contributed by atoms with Gasteiger partial charge in [0.1, 0.15) is 0 Å². The molecule has 1 aliphatic carbocycles. The maximum absolute atomic E-state index is 11.5. The molecule has 27 heavy (non-hydrogen) atoms. The van der Waals surface area contributed by atoms with Crippen LogP contribution < -0.4 is 4.74 Å². The maximum Gasteiger partial charge on any atom is 0.335 e. The minimum Gasteiger partial charge on any atom is -0.478 e. The Kier molecular flexibility index (Phi) is 6.17. The molecule has 0 unspecified atom stereocenters. The van der Waals surface area contributed by atoms with Crippen LogP contribution in [0.15, 0.2) is 30.5 Å². The molecule has 1 aromatic heterocycles. The number of hydrogen-bond acceptors (Lipinski definition) is 3. The van der Waals surface area contributed by atoms with E-state index in [0.717, 1.165) is 59.9 Å². The van der Waals surface area contributed by atoms with Crippen LogP contribution in [0, 0.1) is 6.92 Å². The lowest BCUT2D eigenvalue weighted by atomic mass is 9.95. The van der Waals surface area contributed by atoms with Crippen molar-refractivity contribution in [1.82, 2.24) is 4.98 Å². The molecule has 1 N–H and O–H groups in total. The third-order valence-electron chi connectivity index (χ3n) is 4.91. The molecule has 0 atom stereocenters. The summed E-state index contributed by atoms with van der Waals surface area (Å²) in [6.45, 7) is 4.56. The summed E-state index contributed by atoms with van der Waals surface area (Å²) in [6.07, 6.45) is 6.45. The van der Waals surface area contributed by atoms with E-state index in [1.54, 1.807) is 12.3 Å². The number of aromatic carboxylic acids is 1. The van der Waals surface area contributed by atoms with Crippen LogP contribution in [0.5, 0.6) is 5.88 Å². The third-order valence-corrected chi connectivity index (χ3v) is 5.12. The van der Waals surface area contributed by atoms with Crippen LogP contribution in [-0.4, -0.2) is 22.7 Å². The lowest BCUT2D eigenvalue weighted by Gasteiger charge is -2.14. The number of unbranched alkanes of at least 4 members (excludes halogenated alkanes) is 1. The van der Waals surface area contributed by atoms with Gasteiger partial charge in [0.05, 0.1) is 17.2 Å². The highest BCUT2D eigenvalue weighted by Gasteiger charge is 2.22. The van der Waals surface area contributed by atoms with Crippen molar-refractivity contribution in [2.24, 2.45) is 0 Å². The predicted molar refractivity (Wildman–Crippen MR) is 108 cm³/mol. The highest BCUT2D eigenvalue weighted by molar-refractivity contribution is 6.30. The molecule has 0 spiro atoms. The second-order valence-corrected chi connectivity index (χ2v) is 7.29. The van der Waals surface area contributed by atoms with Crippen molar-refractivity contribution in [1.29, 1.82) is 0 Å². The molecule has 1 aliphatic rings. The van der Waals surface area contributed by atoms with Crippen LogP contribution >= 0.6 is 11.6 Å². The smallest absolute Gasteiger partial charge is 0.335 e. The number of carbonyl (C=O) groups is 1. The highest BCUT2D eigenvalue weighted by atomic mass is 35.5. The van der Waals surface area contributed by atoms with Crippen LogP contribution in [-0.2, 0) is 0 Å². The number of nitrogens with zero attached hydrogens (tertiary/aromatic N) is 1. The second-order valence-electron chi connectivity index (χ2n) is 6.85. The Labute approximate surface area is 164 Å². The molecular weight excluding hydrogens is 362 g/mol. The number of hydrogen-bond donors (Lipinski definition) is 1. The van der Waals surface area contributed by atoms with E-state index in [9.17, 15) is 9.90 Å². The topological polar surface area (TPSA) is 59.4 Å². The van der Waals surface area contributed by atoms with Crippen LogP contribution in [0.25, 0.3) is 11.1 Å². The van der Waals surface area contributed by atoms with Gasteiger partial charge in [-0.1, -0.05) is 37.1 Å². The Bertz CT molecular complexity index is 889. The minimum atomic E-state index is -0.900. The lowest BCUT2D eigenvalue weighted by molar-refractivity contribution is 0.0696. The molecule has 0 saturated heterocycles. The Hall–Kier alpha value is -2.33. The van der Waals surface area contributed by atoms with Gasteiger partial charge in [0, 0.05) is 11.8 Å². The zero-order chi connectivity index (χ0) is 19.4. The molecule has 4 nitrogen and oxygen atoms in total. The Morgan fingerprint density at radius 1 is 1.26 bits per heavy atom. The van der Waals surface area contributed by atoms with E-state index in [1.165, 1.54) is 0 Å². The number of halogens is 1. The van der Waals surface area contributed by atoms with Crippen molar-refractivity contribution < 1.29 is 14.6 Å². The summed E-state index contributed by atoms with van der Waals surface area (Å²) < 4.78 is 5.91. The summed E-state index contributed by atoms with van der Waals surface area (Å²) in [5.74, 6) is -0.296. The first kappa shape index (κ1) is 19.4. The van der Waals surface area contributed by atoms with Crippen molar-refractivity contribution in [2.45, 2.75) is 46.0 Å². The van der Waals surface area contributed by atoms with Crippen LogP contribution in [0.4, 0.5) is 0 Å². The lowest BCUT2D eigenvalue weighted by Crippen LogP contribution is -2.03. The fourth-order valence-corrected chi connectivity index (χ4v) is 3.63. The summed E-state index contributed by atoms with van der Waals surface area (Å²) in [6, 6.07) is 7.55. The third kappa shape index (κ3) is 4.33. The van der Waals surface area contributed by atoms with Gasteiger partial charge in [-0.3, -0.25) is 0 Å². The molecule has 1 heterocycles. The summed E-state index contributed by atoms with van der Waals surface area (Å²) in [4.78, 5) is 15.9. The largest absolute Gasteiger partial charge is 0.478 e. The number of aromatic nitrogens is 1. The zero-order valence-corrected chi connectivity index (χ0v) is 16.5. The SMILES string of the molecule is CCCCOc1ncc(Cl)cc1C1=C(c2ccc(C)c(C(=O)O)c2)CCC1. The summed E-state index contributed by atoms with van der Waals surface area (Å²) in [5.41, 5.74) is 5.28. The van der Waals surface area contributed by atoms with E-state index in [0.29, 0.717) is 23.1 Å². The number of allylic oxidation sites excluding steroid dienone is 2. The average Bonchev–Trinajstić information content (AvgIpc) is 3.13. The Balaban J connectivity index is 2.06. The van der Waals surface area contributed by atoms with E-state index in [4.69, 9.17) is 16.3 Å². The molecule has 0 radical (unpaired) electrons. The Morgan fingerprint density at radius 3 is 2.78 bits per heavy atom. The second kappa shape index (κ2) is 8.57. The summed E-state index contributed by atoms with van der Waals surface area (Å²) >= 11 is 6.22. The number of benzene rings is 1. The molecular formula is C22H24ClNO3. The van der Waals surface area contributed by atoms with Gasteiger partial charge in [-0.2, -0.15) is 0 Å². The predicted octanol–water partition coefficient (Wildman–Crippen LogP) is 6.02. The summed E-state index contributed by atoms with van der Waals surface area (Å²) in [7, 11) is 0. The van der Waals surface area contributed by atoms with Gasteiger partial charge < -0.3 is 9.84 Å². The van der Waals surface area contributed by atoms with Crippen molar-refractivity contribution in [3.8, 4) is 5.88 Å². The standard InChI is InChI=1S/C22H24ClNO3/c1-3-4-10-27-21-20(12-16(23)13-24-21)18-7-5-6-17(18)15-9-8-14(2)19(11-15)22(25)26/h8-9,11-13H,3-7,10H2,1-2H3,(H,25,26). The van der Waals surface area contributed by atoms with Gasteiger partial charge in [0.2, 0.25) is 5.88 Å². The molecule has 0 fully saturated rings. The van der Waals surface area contributed by atoms with Gasteiger partial charge >= 0.3 is 5.97 Å². The zero-order valence-electron chi connectivity index (χ0n) is 15.7. The van der Waals surface area contributed by atoms with Gasteiger partial charge in [0.25, 0.3) is 0 Å². The van der Waals surface area contributed by atoms with Gasteiger partial charge in [-0.15, -0.1) is 0 Å². The normalized spacial score (nSPS) is 13.9. The monoisotopic (exact) mass is 385 g/mol. The molecule has 0 saturated carbocycles. The fourth-order valence-electron chi connectivity index (χ4n) is 3.47. The van der Waals surface area contributed by atoms with Gasteiger partial charge in [-0.05, 0) is 67.0 Å². The quantitative estimate of drug-likeness (QED) is 0.592. The first-order chi connectivity index (χ1) is 13.0. The van der Waals surface area contributed by atoms with E-state index >= 15 is 0 Å². The highest BCUT2D eigenvalue weighted by Crippen LogP contribution is 2.43. The van der Waals surface area contributed by atoms with E-state index in [2.05, 4.69) is 11.9 Å². The molecule has 142 valence electrons. The molecule has 1 aromatic carbocycles. The number of aryl methyl sites for hydroxylation is 1.